The molecule has 1 aromatic heterocycles. The van der Waals surface area contributed by atoms with Crippen molar-refractivity contribution >= 4 is 11.6 Å². The predicted molar refractivity (Wildman–Crippen MR) is 177 cm³/mol. The van der Waals surface area contributed by atoms with Crippen LogP contribution in [-0.4, -0.2) is 15.0 Å². The van der Waals surface area contributed by atoms with Crippen molar-refractivity contribution in [1.29, 1.82) is 0 Å². The Hall–Kier alpha value is -5.38. The van der Waals surface area contributed by atoms with Crippen LogP contribution in [0, 0.1) is 0 Å². The van der Waals surface area contributed by atoms with E-state index in [0.717, 1.165) is 55.1 Å². The topological polar surface area (TPSA) is 38.7 Å². The van der Waals surface area contributed by atoms with Gasteiger partial charge in [0, 0.05) is 21.7 Å². The standard InChI is InChI=1S/C39H26ClN3/c40-36-16-8-14-34(26-36)30-19-17-28(18-20-30)29-21-23-32(24-22-29)38-41-37(31-11-5-2-6-12-31)42-39(43-38)35-15-7-13-33(25-35)27-9-3-1-4-10-27/h1-26H. The average Bonchev–Trinajstić information content (AvgIpc) is 3.09. The molecule has 0 bridgehead atoms. The molecule has 7 rings (SSSR count). The number of aromatic nitrogens is 3. The Morgan fingerprint density at radius 2 is 0.628 bits per heavy atom. The van der Waals surface area contributed by atoms with Gasteiger partial charge in [0.1, 0.15) is 0 Å². The summed E-state index contributed by atoms with van der Waals surface area (Å²) in [4.78, 5) is 14.8. The Morgan fingerprint density at radius 1 is 0.279 bits per heavy atom. The van der Waals surface area contributed by atoms with E-state index < -0.39 is 0 Å². The molecule has 0 aliphatic carbocycles. The second kappa shape index (κ2) is 11.8. The van der Waals surface area contributed by atoms with Crippen molar-refractivity contribution in [1.82, 2.24) is 15.0 Å². The molecule has 43 heavy (non-hydrogen) atoms. The maximum absolute atomic E-state index is 6.19. The molecule has 0 atom stereocenters. The van der Waals surface area contributed by atoms with E-state index in [1.165, 1.54) is 0 Å². The van der Waals surface area contributed by atoms with Crippen LogP contribution in [0.15, 0.2) is 158 Å². The fourth-order valence-corrected chi connectivity index (χ4v) is 5.34. The van der Waals surface area contributed by atoms with Crippen molar-refractivity contribution in [2.45, 2.75) is 0 Å². The Balaban J connectivity index is 1.24. The van der Waals surface area contributed by atoms with Crippen molar-refractivity contribution < 1.29 is 0 Å². The number of hydrogen-bond acceptors (Lipinski definition) is 3. The van der Waals surface area contributed by atoms with Crippen LogP contribution in [0.5, 0.6) is 0 Å². The van der Waals surface area contributed by atoms with Gasteiger partial charge in [0.2, 0.25) is 0 Å². The first-order valence-electron chi connectivity index (χ1n) is 14.1. The van der Waals surface area contributed by atoms with E-state index in [0.29, 0.717) is 17.5 Å². The third-order valence-electron chi connectivity index (χ3n) is 7.41. The highest BCUT2D eigenvalue weighted by Crippen LogP contribution is 2.30. The van der Waals surface area contributed by atoms with Crippen LogP contribution in [-0.2, 0) is 0 Å². The van der Waals surface area contributed by atoms with Gasteiger partial charge in [0.25, 0.3) is 0 Å². The van der Waals surface area contributed by atoms with Gasteiger partial charge in [0.15, 0.2) is 17.5 Å². The molecule has 204 valence electrons. The quantitative estimate of drug-likeness (QED) is 0.199. The van der Waals surface area contributed by atoms with Crippen molar-refractivity contribution in [2.75, 3.05) is 0 Å². The molecule has 0 radical (unpaired) electrons. The monoisotopic (exact) mass is 571 g/mol. The maximum Gasteiger partial charge on any atom is 0.164 e. The van der Waals surface area contributed by atoms with Crippen LogP contribution >= 0.6 is 11.6 Å². The second-order valence-electron chi connectivity index (χ2n) is 10.3. The Morgan fingerprint density at radius 3 is 1.19 bits per heavy atom. The minimum Gasteiger partial charge on any atom is -0.208 e. The molecule has 0 saturated carbocycles. The molecule has 0 spiro atoms. The van der Waals surface area contributed by atoms with E-state index in [2.05, 4.69) is 91.0 Å². The molecule has 0 unspecified atom stereocenters. The van der Waals surface area contributed by atoms with Crippen molar-refractivity contribution in [3.63, 3.8) is 0 Å². The van der Waals surface area contributed by atoms with Crippen molar-refractivity contribution in [3.8, 4) is 67.5 Å². The summed E-state index contributed by atoms with van der Waals surface area (Å²) in [5.74, 6) is 1.92. The maximum atomic E-state index is 6.19. The summed E-state index contributed by atoms with van der Waals surface area (Å²) in [7, 11) is 0. The van der Waals surface area contributed by atoms with E-state index >= 15 is 0 Å². The summed E-state index contributed by atoms with van der Waals surface area (Å²) in [5.41, 5.74) is 9.57. The summed E-state index contributed by atoms with van der Waals surface area (Å²) < 4.78 is 0. The summed E-state index contributed by atoms with van der Waals surface area (Å²) in [6.45, 7) is 0. The van der Waals surface area contributed by atoms with Gasteiger partial charge in [-0.25, -0.2) is 15.0 Å². The third kappa shape index (κ3) is 5.85. The van der Waals surface area contributed by atoms with Gasteiger partial charge >= 0.3 is 0 Å². The van der Waals surface area contributed by atoms with Gasteiger partial charge in [0.05, 0.1) is 0 Å². The number of halogens is 1. The fraction of sp³-hybridized carbons (Fsp3) is 0. The third-order valence-corrected chi connectivity index (χ3v) is 7.65. The molecule has 0 aliphatic rings. The zero-order valence-corrected chi connectivity index (χ0v) is 24.0. The average molecular weight is 572 g/mol. The largest absolute Gasteiger partial charge is 0.208 e. The SMILES string of the molecule is Clc1cccc(-c2ccc(-c3ccc(-c4nc(-c5ccccc5)nc(-c5cccc(-c6ccccc6)c5)n4)cc3)cc2)c1. The van der Waals surface area contributed by atoms with Crippen LogP contribution in [0.4, 0.5) is 0 Å². The molecule has 0 aliphatic heterocycles. The molecule has 6 aromatic carbocycles. The van der Waals surface area contributed by atoms with E-state index in [-0.39, 0.29) is 0 Å². The summed E-state index contributed by atoms with van der Waals surface area (Å²) in [6, 6.07) is 53.6. The molecule has 1 heterocycles. The normalized spacial score (nSPS) is 10.9. The first-order chi connectivity index (χ1) is 21.2. The highest BCUT2D eigenvalue weighted by Gasteiger charge is 2.13. The number of nitrogens with zero attached hydrogens (tertiary/aromatic N) is 3. The summed E-state index contributed by atoms with van der Waals surface area (Å²) in [6.07, 6.45) is 0. The molecule has 4 heteroatoms. The van der Waals surface area contributed by atoms with E-state index in [1.807, 2.05) is 66.7 Å². The summed E-state index contributed by atoms with van der Waals surface area (Å²) in [5, 5.41) is 0.734. The highest BCUT2D eigenvalue weighted by molar-refractivity contribution is 6.30. The van der Waals surface area contributed by atoms with Gasteiger partial charge in [-0.3, -0.25) is 0 Å². The number of rotatable bonds is 6. The Labute approximate surface area is 256 Å². The smallest absolute Gasteiger partial charge is 0.164 e. The molecule has 0 saturated heterocycles. The predicted octanol–water partition coefficient (Wildman–Crippen LogP) is 10.5. The van der Waals surface area contributed by atoms with Crippen LogP contribution < -0.4 is 0 Å². The molecule has 0 amide bonds. The van der Waals surface area contributed by atoms with Gasteiger partial charge in [-0.15, -0.1) is 0 Å². The zero-order valence-electron chi connectivity index (χ0n) is 23.2. The lowest BCUT2D eigenvalue weighted by Gasteiger charge is -2.10. The van der Waals surface area contributed by atoms with Gasteiger partial charge in [-0.1, -0.05) is 151 Å². The lowest BCUT2D eigenvalue weighted by Crippen LogP contribution is -2.00. The van der Waals surface area contributed by atoms with Crippen LogP contribution in [0.2, 0.25) is 5.02 Å². The lowest BCUT2D eigenvalue weighted by molar-refractivity contribution is 1.07. The minimum atomic E-state index is 0.636. The Bertz CT molecular complexity index is 2000. The van der Waals surface area contributed by atoms with Gasteiger partial charge in [-0.2, -0.15) is 0 Å². The lowest BCUT2D eigenvalue weighted by atomic mass is 9.99. The zero-order chi connectivity index (χ0) is 29.0. The van der Waals surface area contributed by atoms with Gasteiger partial charge in [-0.05, 0) is 51.6 Å². The van der Waals surface area contributed by atoms with Crippen LogP contribution in [0.3, 0.4) is 0 Å². The fourth-order valence-electron chi connectivity index (χ4n) is 5.15. The van der Waals surface area contributed by atoms with Crippen molar-refractivity contribution in [2.24, 2.45) is 0 Å². The van der Waals surface area contributed by atoms with E-state index in [1.54, 1.807) is 0 Å². The number of benzene rings is 6. The van der Waals surface area contributed by atoms with E-state index in [4.69, 9.17) is 26.6 Å². The van der Waals surface area contributed by atoms with E-state index in [9.17, 15) is 0 Å². The molecule has 7 aromatic rings. The second-order valence-corrected chi connectivity index (χ2v) is 10.7. The molecule has 0 N–H and O–H groups in total. The first-order valence-corrected chi connectivity index (χ1v) is 14.5. The van der Waals surface area contributed by atoms with Crippen molar-refractivity contribution in [3.05, 3.63) is 163 Å². The van der Waals surface area contributed by atoms with Gasteiger partial charge < -0.3 is 0 Å². The summed E-state index contributed by atoms with van der Waals surface area (Å²) >= 11 is 6.19. The molecular formula is C39H26ClN3. The number of hydrogen-bond donors (Lipinski definition) is 0. The molecule has 0 fully saturated rings. The molecular weight excluding hydrogens is 546 g/mol. The first kappa shape index (κ1) is 26.5. The Kier molecular flexibility index (Phi) is 7.31. The van der Waals surface area contributed by atoms with Crippen LogP contribution in [0.1, 0.15) is 0 Å². The highest BCUT2D eigenvalue weighted by atomic mass is 35.5. The van der Waals surface area contributed by atoms with Crippen LogP contribution in [0.25, 0.3) is 67.5 Å². The molecule has 3 nitrogen and oxygen atoms in total. The minimum absolute atomic E-state index is 0.636.